The molecular weight excluding hydrogens is 176 g/mol. The van der Waals surface area contributed by atoms with Crippen LogP contribution in [0.4, 0.5) is 0 Å². The smallest absolute Gasteiger partial charge is 0.0145 e. The largest absolute Gasteiger partial charge is 0.0891 e. The summed E-state index contributed by atoms with van der Waals surface area (Å²) in [6.07, 6.45) is 6.69. The van der Waals surface area contributed by atoms with Crippen LogP contribution in [0.25, 0.3) is 0 Å². The van der Waals surface area contributed by atoms with Crippen LogP contribution in [0, 0.1) is 0 Å². The van der Waals surface area contributed by atoms with Crippen LogP contribution >= 0.6 is 15.9 Å². The van der Waals surface area contributed by atoms with Gasteiger partial charge in [0.15, 0.2) is 0 Å². The fourth-order valence-electron chi connectivity index (χ4n) is 0.883. The zero-order valence-electron chi connectivity index (χ0n) is 6.49. The summed E-state index contributed by atoms with van der Waals surface area (Å²) in [4.78, 5) is 0.780. The molecule has 0 amide bonds. The molecule has 1 atom stereocenters. The summed E-state index contributed by atoms with van der Waals surface area (Å²) in [5.41, 5.74) is 0. The van der Waals surface area contributed by atoms with Gasteiger partial charge in [0, 0.05) is 4.83 Å². The molecule has 0 saturated carbocycles. The minimum Gasteiger partial charge on any atom is -0.0891 e. The normalized spacial score (nSPS) is 13.7. The van der Waals surface area contributed by atoms with Crippen molar-refractivity contribution in [2.24, 2.45) is 0 Å². The topological polar surface area (TPSA) is 0 Å². The molecule has 0 aromatic rings. The Morgan fingerprint density at radius 2 is 1.78 bits per heavy atom. The van der Waals surface area contributed by atoms with Crippen molar-refractivity contribution >= 4 is 15.9 Å². The lowest BCUT2D eigenvalue weighted by Gasteiger charge is -2.05. The fourth-order valence-corrected chi connectivity index (χ4v) is 1.66. The highest BCUT2D eigenvalue weighted by atomic mass is 79.9. The summed E-state index contributed by atoms with van der Waals surface area (Å²) in [6, 6.07) is 0. The number of hydrogen-bond donors (Lipinski definition) is 0. The van der Waals surface area contributed by atoms with Crippen LogP contribution in [-0.2, 0) is 0 Å². The molecule has 0 aromatic heterocycles. The molecule has 0 radical (unpaired) electrons. The molecule has 1 heteroatoms. The molecule has 0 spiro atoms. The average Bonchev–Trinajstić information content (AvgIpc) is 1.85. The molecule has 0 saturated heterocycles. The highest BCUT2D eigenvalue weighted by Gasteiger charge is 1.99. The summed E-state index contributed by atoms with van der Waals surface area (Å²) in [5.74, 6) is 0. The predicted molar refractivity (Wildman–Crippen MR) is 47.1 cm³/mol. The van der Waals surface area contributed by atoms with Crippen molar-refractivity contribution in [3.8, 4) is 0 Å². The van der Waals surface area contributed by atoms with E-state index < -0.39 is 0 Å². The minimum absolute atomic E-state index is 0.780. The molecule has 0 N–H and O–H groups in total. The SMILES string of the molecule is CCCC[C@H](Br)CCC. The van der Waals surface area contributed by atoms with Gasteiger partial charge in [-0.15, -0.1) is 0 Å². The van der Waals surface area contributed by atoms with E-state index in [2.05, 4.69) is 29.8 Å². The molecule has 9 heavy (non-hydrogen) atoms. The molecular formula is C8H17Br. The van der Waals surface area contributed by atoms with E-state index in [4.69, 9.17) is 0 Å². The standard InChI is InChI=1S/C8H17Br/c1-3-5-7-8(9)6-4-2/h8H,3-7H2,1-2H3/t8-/m1/s1. The monoisotopic (exact) mass is 192 g/mol. The summed E-state index contributed by atoms with van der Waals surface area (Å²) in [5, 5.41) is 0. The van der Waals surface area contributed by atoms with Gasteiger partial charge in [0.1, 0.15) is 0 Å². The Morgan fingerprint density at radius 3 is 2.22 bits per heavy atom. The summed E-state index contributed by atoms with van der Waals surface area (Å²) < 4.78 is 0. The molecule has 0 rings (SSSR count). The van der Waals surface area contributed by atoms with Gasteiger partial charge in [0.2, 0.25) is 0 Å². The molecule has 0 fully saturated rings. The second-order valence-corrected chi connectivity index (χ2v) is 3.82. The van der Waals surface area contributed by atoms with Crippen molar-refractivity contribution in [3.05, 3.63) is 0 Å². The van der Waals surface area contributed by atoms with E-state index in [1.807, 2.05) is 0 Å². The van der Waals surface area contributed by atoms with Gasteiger partial charge in [0.25, 0.3) is 0 Å². The van der Waals surface area contributed by atoms with Crippen molar-refractivity contribution in [2.45, 2.75) is 50.8 Å². The van der Waals surface area contributed by atoms with Crippen molar-refractivity contribution < 1.29 is 0 Å². The van der Waals surface area contributed by atoms with E-state index in [9.17, 15) is 0 Å². The quantitative estimate of drug-likeness (QED) is 0.583. The highest BCUT2D eigenvalue weighted by molar-refractivity contribution is 9.09. The van der Waals surface area contributed by atoms with E-state index in [1.165, 1.54) is 32.1 Å². The molecule has 0 heterocycles. The molecule has 0 unspecified atom stereocenters. The first-order chi connectivity index (χ1) is 4.31. The van der Waals surface area contributed by atoms with Crippen LogP contribution in [0.15, 0.2) is 0 Å². The average molecular weight is 193 g/mol. The third kappa shape index (κ3) is 6.36. The number of alkyl halides is 1. The van der Waals surface area contributed by atoms with Gasteiger partial charge in [-0.3, -0.25) is 0 Å². The number of hydrogen-bond acceptors (Lipinski definition) is 0. The lowest BCUT2D eigenvalue weighted by molar-refractivity contribution is 0.646. The van der Waals surface area contributed by atoms with Crippen LogP contribution in [0.5, 0.6) is 0 Å². The lowest BCUT2D eigenvalue weighted by Crippen LogP contribution is -1.95. The zero-order valence-corrected chi connectivity index (χ0v) is 8.08. The number of rotatable bonds is 5. The first-order valence-corrected chi connectivity index (χ1v) is 4.86. The van der Waals surface area contributed by atoms with E-state index in [1.54, 1.807) is 0 Å². The maximum atomic E-state index is 3.64. The predicted octanol–water partition coefficient (Wildman–Crippen LogP) is 3.74. The molecule has 0 aromatic carbocycles. The zero-order chi connectivity index (χ0) is 7.11. The van der Waals surface area contributed by atoms with E-state index in [0.29, 0.717) is 0 Å². The molecule has 0 bridgehead atoms. The van der Waals surface area contributed by atoms with E-state index >= 15 is 0 Å². The Balaban J connectivity index is 2.95. The van der Waals surface area contributed by atoms with E-state index in [0.717, 1.165) is 4.83 Å². The molecule has 56 valence electrons. The van der Waals surface area contributed by atoms with Gasteiger partial charge in [-0.05, 0) is 12.8 Å². The maximum absolute atomic E-state index is 3.64. The van der Waals surface area contributed by atoms with Crippen molar-refractivity contribution in [3.63, 3.8) is 0 Å². The van der Waals surface area contributed by atoms with Crippen LogP contribution in [-0.4, -0.2) is 4.83 Å². The van der Waals surface area contributed by atoms with Gasteiger partial charge < -0.3 is 0 Å². The molecule has 0 aliphatic heterocycles. The third-order valence-corrected chi connectivity index (χ3v) is 2.39. The van der Waals surface area contributed by atoms with Crippen LogP contribution in [0.1, 0.15) is 46.0 Å². The first-order valence-electron chi connectivity index (χ1n) is 3.95. The van der Waals surface area contributed by atoms with Crippen LogP contribution in [0.2, 0.25) is 0 Å². The van der Waals surface area contributed by atoms with Gasteiger partial charge >= 0.3 is 0 Å². The van der Waals surface area contributed by atoms with Crippen molar-refractivity contribution in [2.75, 3.05) is 0 Å². The van der Waals surface area contributed by atoms with Crippen molar-refractivity contribution in [1.29, 1.82) is 0 Å². The Bertz CT molecular complexity index is 52.5. The highest BCUT2D eigenvalue weighted by Crippen LogP contribution is 2.14. The Morgan fingerprint density at radius 1 is 1.11 bits per heavy atom. The summed E-state index contributed by atoms with van der Waals surface area (Å²) >= 11 is 3.64. The Labute approximate surface area is 67.2 Å². The molecule has 0 aliphatic rings. The van der Waals surface area contributed by atoms with Gasteiger partial charge in [-0.1, -0.05) is 49.0 Å². The van der Waals surface area contributed by atoms with Gasteiger partial charge in [-0.25, -0.2) is 0 Å². The fraction of sp³-hybridized carbons (Fsp3) is 1.00. The van der Waals surface area contributed by atoms with E-state index in [-0.39, 0.29) is 0 Å². The second kappa shape index (κ2) is 6.60. The lowest BCUT2D eigenvalue weighted by atomic mass is 10.1. The number of unbranched alkanes of at least 4 members (excludes halogenated alkanes) is 1. The number of halogens is 1. The van der Waals surface area contributed by atoms with Crippen molar-refractivity contribution in [1.82, 2.24) is 0 Å². The maximum Gasteiger partial charge on any atom is 0.0145 e. The first kappa shape index (κ1) is 9.48. The van der Waals surface area contributed by atoms with Gasteiger partial charge in [-0.2, -0.15) is 0 Å². The van der Waals surface area contributed by atoms with Gasteiger partial charge in [0.05, 0.1) is 0 Å². The van der Waals surface area contributed by atoms with Crippen LogP contribution in [0.3, 0.4) is 0 Å². The minimum atomic E-state index is 0.780. The molecule has 0 aliphatic carbocycles. The third-order valence-electron chi connectivity index (χ3n) is 1.47. The Kier molecular flexibility index (Phi) is 6.95. The second-order valence-electron chi connectivity index (χ2n) is 2.53. The summed E-state index contributed by atoms with van der Waals surface area (Å²) in [6.45, 7) is 4.48. The summed E-state index contributed by atoms with van der Waals surface area (Å²) in [7, 11) is 0. The Hall–Kier alpha value is 0.480. The van der Waals surface area contributed by atoms with Crippen LogP contribution < -0.4 is 0 Å². The molecule has 0 nitrogen and oxygen atoms in total.